The third kappa shape index (κ3) is 4.69. The molecule has 1 heterocycles. The summed E-state index contributed by atoms with van der Waals surface area (Å²) in [4.78, 5) is 0. The van der Waals surface area contributed by atoms with Crippen LogP contribution in [0.3, 0.4) is 0 Å². The number of epoxide rings is 1. The van der Waals surface area contributed by atoms with Crippen LogP contribution in [0.15, 0.2) is 30.3 Å². The Morgan fingerprint density at radius 1 is 0.897 bits per heavy atom. The van der Waals surface area contributed by atoms with Crippen molar-refractivity contribution in [3.63, 3.8) is 0 Å². The number of hydrogen-bond acceptors (Lipinski definition) is 1. The fraction of sp³-hybridized carbons (Fsp3) is 0.520. The summed E-state index contributed by atoms with van der Waals surface area (Å²) in [6, 6.07) is 9.08. The minimum Gasteiger partial charge on any atom is -0.368 e. The van der Waals surface area contributed by atoms with Gasteiger partial charge >= 0.3 is 0 Å². The maximum atomic E-state index is 14.3. The van der Waals surface area contributed by atoms with Gasteiger partial charge in [-0.1, -0.05) is 37.6 Å². The van der Waals surface area contributed by atoms with E-state index in [9.17, 15) is 13.2 Å². The van der Waals surface area contributed by atoms with Crippen LogP contribution in [0.1, 0.15) is 79.7 Å². The average Bonchev–Trinajstić information content (AvgIpc) is 3.56. The maximum Gasteiger partial charge on any atom is 0.162 e. The molecule has 1 saturated heterocycles. The van der Waals surface area contributed by atoms with Gasteiger partial charge in [-0.3, -0.25) is 0 Å². The fourth-order valence-electron chi connectivity index (χ4n) is 4.72. The van der Waals surface area contributed by atoms with Crippen LogP contribution < -0.4 is 0 Å². The number of ether oxygens (including phenoxy) is 1. The van der Waals surface area contributed by atoms with Crippen LogP contribution >= 0.6 is 0 Å². The summed E-state index contributed by atoms with van der Waals surface area (Å²) in [6.07, 6.45) is 6.93. The fourth-order valence-corrected chi connectivity index (χ4v) is 4.72. The lowest BCUT2D eigenvalue weighted by Gasteiger charge is -2.29. The molecule has 1 atom stereocenters. The molecule has 1 aliphatic carbocycles. The zero-order chi connectivity index (χ0) is 20.4. The van der Waals surface area contributed by atoms with Crippen molar-refractivity contribution in [1.29, 1.82) is 0 Å². The van der Waals surface area contributed by atoms with Gasteiger partial charge in [0.15, 0.2) is 11.6 Å². The number of hydrogen-bond donors (Lipinski definition) is 0. The molecule has 1 aliphatic heterocycles. The number of halogens is 3. The smallest absolute Gasteiger partial charge is 0.162 e. The van der Waals surface area contributed by atoms with E-state index in [1.165, 1.54) is 0 Å². The highest BCUT2D eigenvalue weighted by Crippen LogP contribution is 2.39. The first kappa shape index (κ1) is 20.5. The van der Waals surface area contributed by atoms with E-state index in [4.69, 9.17) is 4.74 Å². The number of aryl methyl sites for hydroxylation is 2. The Kier molecular flexibility index (Phi) is 6.29. The highest BCUT2D eigenvalue weighted by molar-refractivity contribution is 5.30. The van der Waals surface area contributed by atoms with Crippen LogP contribution in [0, 0.1) is 23.4 Å². The summed E-state index contributed by atoms with van der Waals surface area (Å²) in [5.41, 5.74) is 2.71. The highest BCUT2D eigenvalue weighted by Gasteiger charge is 2.29. The van der Waals surface area contributed by atoms with Gasteiger partial charge in [0.05, 0.1) is 6.61 Å². The molecule has 0 radical (unpaired) electrons. The summed E-state index contributed by atoms with van der Waals surface area (Å²) in [7, 11) is 0. The molecule has 156 valence electrons. The third-order valence-corrected chi connectivity index (χ3v) is 6.61. The standard InChI is InChI=1S/C25H29F3O/c1-2-3-18-10-11-19(25(28)24(18)27)9-6-16-4-7-17(8-5-16)20-12-13-21(22(26)14-20)23-15-29-23/h10-14,16-17,23H,2-9,15H2,1H3. The van der Waals surface area contributed by atoms with E-state index in [0.717, 1.165) is 44.1 Å². The van der Waals surface area contributed by atoms with Crippen molar-refractivity contribution in [1.82, 2.24) is 0 Å². The Bertz CT molecular complexity index is 851. The van der Waals surface area contributed by atoms with E-state index in [1.54, 1.807) is 18.2 Å². The van der Waals surface area contributed by atoms with Gasteiger partial charge < -0.3 is 4.74 Å². The Balaban J connectivity index is 1.30. The van der Waals surface area contributed by atoms with Crippen LogP contribution in [0.5, 0.6) is 0 Å². The third-order valence-electron chi connectivity index (χ3n) is 6.61. The molecule has 1 saturated carbocycles. The van der Waals surface area contributed by atoms with Gasteiger partial charge in [0, 0.05) is 5.56 Å². The molecule has 0 N–H and O–H groups in total. The lowest BCUT2D eigenvalue weighted by Crippen LogP contribution is -2.15. The Morgan fingerprint density at radius 2 is 1.55 bits per heavy atom. The van der Waals surface area contributed by atoms with E-state index in [1.807, 2.05) is 19.1 Å². The lowest BCUT2D eigenvalue weighted by atomic mass is 9.76. The molecule has 2 aromatic carbocycles. The molecule has 29 heavy (non-hydrogen) atoms. The molecule has 1 unspecified atom stereocenters. The zero-order valence-electron chi connectivity index (χ0n) is 17.0. The quantitative estimate of drug-likeness (QED) is 0.453. The molecule has 4 heteroatoms. The van der Waals surface area contributed by atoms with Gasteiger partial charge in [0.1, 0.15) is 11.9 Å². The Hall–Kier alpha value is -1.81. The van der Waals surface area contributed by atoms with E-state index in [0.29, 0.717) is 48.0 Å². The molecule has 4 rings (SSSR count). The van der Waals surface area contributed by atoms with Crippen LogP contribution in [-0.4, -0.2) is 6.61 Å². The number of rotatable bonds is 7. The van der Waals surface area contributed by atoms with E-state index >= 15 is 0 Å². The lowest BCUT2D eigenvalue weighted by molar-refractivity contribution is 0.308. The van der Waals surface area contributed by atoms with Crippen molar-refractivity contribution < 1.29 is 17.9 Å². The molecule has 2 aromatic rings. The molecule has 2 fully saturated rings. The summed E-state index contributed by atoms with van der Waals surface area (Å²) in [6.45, 7) is 2.58. The molecule has 2 aliphatic rings. The highest BCUT2D eigenvalue weighted by atomic mass is 19.2. The van der Waals surface area contributed by atoms with Gasteiger partial charge in [-0.25, -0.2) is 13.2 Å². The van der Waals surface area contributed by atoms with Crippen molar-refractivity contribution in [3.05, 3.63) is 70.0 Å². The maximum absolute atomic E-state index is 14.3. The molecular formula is C25H29F3O. The largest absolute Gasteiger partial charge is 0.368 e. The van der Waals surface area contributed by atoms with E-state index < -0.39 is 11.6 Å². The van der Waals surface area contributed by atoms with Gasteiger partial charge in [-0.2, -0.15) is 0 Å². The first-order chi connectivity index (χ1) is 14.1. The van der Waals surface area contributed by atoms with Gasteiger partial charge in [-0.05, 0) is 79.5 Å². The average molecular weight is 403 g/mol. The second-order valence-electron chi connectivity index (χ2n) is 8.62. The zero-order valence-corrected chi connectivity index (χ0v) is 17.0. The Labute approximate surface area is 171 Å². The van der Waals surface area contributed by atoms with Gasteiger partial charge in [0.2, 0.25) is 0 Å². The topological polar surface area (TPSA) is 12.5 Å². The number of benzene rings is 2. The molecule has 1 nitrogen and oxygen atoms in total. The summed E-state index contributed by atoms with van der Waals surface area (Å²) < 4.78 is 48.0. The van der Waals surface area contributed by atoms with Crippen LogP contribution in [0.25, 0.3) is 0 Å². The van der Waals surface area contributed by atoms with Crippen molar-refractivity contribution >= 4 is 0 Å². The summed E-state index contributed by atoms with van der Waals surface area (Å²) in [5, 5.41) is 0. The molecule has 0 aromatic heterocycles. The minimum absolute atomic E-state index is 0.0546. The second-order valence-corrected chi connectivity index (χ2v) is 8.62. The summed E-state index contributed by atoms with van der Waals surface area (Å²) in [5.74, 6) is -0.587. The predicted octanol–water partition coefficient (Wildman–Crippen LogP) is 7.03. The summed E-state index contributed by atoms with van der Waals surface area (Å²) >= 11 is 0. The van der Waals surface area contributed by atoms with Crippen molar-refractivity contribution in [2.75, 3.05) is 6.61 Å². The first-order valence-corrected chi connectivity index (χ1v) is 10.9. The normalized spacial score (nSPS) is 23.9. The predicted molar refractivity (Wildman–Crippen MR) is 108 cm³/mol. The second kappa shape index (κ2) is 8.91. The van der Waals surface area contributed by atoms with E-state index in [-0.39, 0.29) is 11.9 Å². The van der Waals surface area contributed by atoms with Crippen LogP contribution in [-0.2, 0) is 17.6 Å². The van der Waals surface area contributed by atoms with Gasteiger partial charge in [-0.15, -0.1) is 0 Å². The van der Waals surface area contributed by atoms with Crippen molar-refractivity contribution in [2.24, 2.45) is 5.92 Å². The SMILES string of the molecule is CCCc1ccc(CCC2CCC(c3ccc(C4CO4)c(F)c3)CC2)c(F)c1F. The Morgan fingerprint density at radius 3 is 2.14 bits per heavy atom. The molecular weight excluding hydrogens is 373 g/mol. The first-order valence-electron chi connectivity index (χ1n) is 10.9. The van der Waals surface area contributed by atoms with E-state index in [2.05, 4.69) is 0 Å². The van der Waals surface area contributed by atoms with Crippen LogP contribution in [0.4, 0.5) is 13.2 Å². The van der Waals surface area contributed by atoms with Crippen molar-refractivity contribution in [3.8, 4) is 0 Å². The molecule has 0 spiro atoms. The van der Waals surface area contributed by atoms with Gasteiger partial charge in [0.25, 0.3) is 0 Å². The molecule has 0 amide bonds. The minimum atomic E-state index is -0.671. The molecule has 0 bridgehead atoms. The monoisotopic (exact) mass is 402 g/mol. The van der Waals surface area contributed by atoms with Crippen molar-refractivity contribution in [2.45, 2.75) is 70.3 Å². The van der Waals surface area contributed by atoms with Crippen LogP contribution in [0.2, 0.25) is 0 Å².